The molecule has 1 N–H and O–H groups in total. The van der Waals surface area contributed by atoms with Crippen molar-refractivity contribution < 1.29 is 14.3 Å². The molecule has 0 saturated carbocycles. The summed E-state index contributed by atoms with van der Waals surface area (Å²) in [6, 6.07) is 13.5. The van der Waals surface area contributed by atoms with Crippen LogP contribution in [0.2, 0.25) is 5.02 Å². The number of rotatable bonds is 5. The number of halogens is 1. The van der Waals surface area contributed by atoms with E-state index >= 15 is 0 Å². The van der Waals surface area contributed by atoms with E-state index in [9.17, 15) is 9.59 Å². The number of hydrogen-bond acceptors (Lipinski definition) is 4. The minimum atomic E-state index is -0.298. The Hall–Kier alpha value is -1.98. The molecule has 4 nitrogen and oxygen atoms in total. The summed E-state index contributed by atoms with van der Waals surface area (Å²) >= 11 is 7.54. The molecule has 0 fully saturated rings. The van der Waals surface area contributed by atoms with Crippen LogP contribution in [0.5, 0.6) is 5.75 Å². The molecule has 0 unspecified atom stereocenters. The van der Waals surface area contributed by atoms with Crippen molar-refractivity contribution in [3.63, 3.8) is 0 Å². The molecule has 0 saturated heterocycles. The molecule has 0 aliphatic heterocycles. The second-order valence-corrected chi connectivity index (χ2v) is 8.54. The van der Waals surface area contributed by atoms with E-state index in [1.165, 1.54) is 11.8 Å². The summed E-state index contributed by atoms with van der Waals surface area (Å²) in [5, 5.41) is 3.15. The average Bonchev–Trinajstić information content (AvgIpc) is 2.54. The van der Waals surface area contributed by atoms with Crippen LogP contribution in [0.4, 0.5) is 5.69 Å². The van der Waals surface area contributed by atoms with Crippen LogP contribution in [-0.4, -0.2) is 22.4 Å². The number of carbonyl (C=O) groups is 2. The monoisotopic (exact) mass is 377 g/mol. The molecule has 0 aliphatic carbocycles. The number of carbonyl (C=O) groups excluding carboxylic acids is 2. The fourth-order valence-corrected chi connectivity index (χ4v) is 2.72. The van der Waals surface area contributed by atoms with Gasteiger partial charge in [-0.05, 0) is 36.4 Å². The van der Waals surface area contributed by atoms with E-state index < -0.39 is 0 Å². The van der Waals surface area contributed by atoms with Gasteiger partial charge in [0.25, 0.3) is 5.91 Å². The molecular weight excluding hydrogens is 358 g/mol. The molecule has 6 heteroatoms. The third-order valence-electron chi connectivity index (χ3n) is 3.09. The lowest BCUT2D eigenvalue weighted by Gasteiger charge is -2.16. The normalized spacial score (nSPS) is 11.0. The van der Waals surface area contributed by atoms with Crippen LogP contribution in [0.25, 0.3) is 0 Å². The van der Waals surface area contributed by atoms with Gasteiger partial charge in [-0.25, -0.2) is 0 Å². The van der Waals surface area contributed by atoms with Gasteiger partial charge < -0.3 is 10.1 Å². The van der Waals surface area contributed by atoms with E-state index in [1.54, 1.807) is 48.5 Å². The van der Waals surface area contributed by atoms with Crippen LogP contribution >= 0.6 is 23.4 Å². The fraction of sp³-hybridized carbons (Fsp3) is 0.263. The maximum absolute atomic E-state index is 12.2. The van der Waals surface area contributed by atoms with Gasteiger partial charge in [-0.1, -0.05) is 44.5 Å². The van der Waals surface area contributed by atoms with Crippen LogP contribution in [0.1, 0.15) is 31.1 Å². The summed E-state index contributed by atoms with van der Waals surface area (Å²) < 4.78 is 5.29. The minimum absolute atomic E-state index is 0.00582. The highest BCUT2D eigenvalue weighted by Gasteiger charge is 2.15. The van der Waals surface area contributed by atoms with Crippen molar-refractivity contribution in [3.8, 4) is 5.75 Å². The summed E-state index contributed by atoms with van der Waals surface area (Å²) in [4.78, 5) is 24.0. The van der Waals surface area contributed by atoms with Crippen LogP contribution in [0, 0.1) is 0 Å². The van der Waals surface area contributed by atoms with Crippen molar-refractivity contribution in [1.29, 1.82) is 0 Å². The molecule has 0 atom stereocenters. The van der Waals surface area contributed by atoms with Gasteiger partial charge >= 0.3 is 5.97 Å². The topological polar surface area (TPSA) is 55.4 Å². The van der Waals surface area contributed by atoms with Crippen molar-refractivity contribution in [3.05, 3.63) is 59.1 Å². The maximum Gasteiger partial charge on any atom is 0.321 e. The van der Waals surface area contributed by atoms with Crippen molar-refractivity contribution in [2.24, 2.45) is 0 Å². The Morgan fingerprint density at radius 3 is 2.32 bits per heavy atom. The standard InChI is InChI=1S/C19H20ClNO3S/c1-19(2,3)25-12-17(22)24-14-10-8-13(9-11-14)21-18(23)15-6-4-5-7-16(15)20/h4-11H,12H2,1-3H3,(H,21,23). The van der Waals surface area contributed by atoms with Gasteiger partial charge in [0, 0.05) is 10.4 Å². The molecule has 0 radical (unpaired) electrons. The largest absolute Gasteiger partial charge is 0.426 e. The highest BCUT2D eigenvalue weighted by Crippen LogP contribution is 2.24. The number of benzene rings is 2. The van der Waals surface area contributed by atoms with E-state index in [0.29, 0.717) is 22.0 Å². The Labute approximate surface area is 156 Å². The lowest BCUT2D eigenvalue weighted by molar-refractivity contribution is -0.131. The van der Waals surface area contributed by atoms with Crippen molar-refractivity contribution in [1.82, 2.24) is 0 Å². The number of amides is 1. The quantitative estimate of drug-likeness (QED) is 0.586. The van der Waals surface area contributed by atoms with E-state index in [-0.39, 0.29) is 22.4 Å². The summed E-state index contributed by atoms with van der Waals surface area (Å²) in [6.07, 6.45) is 0. The Morgan fingerprint density at radius 1 is 1.08 bits per heavy atom. The smallest absolute Gasteiger partial charge is 0.321 e. The minimum Gasteiger partial charge on any atom is -0.426 e. The van der Waals surface area contributed by atoms with Crippen LogP contribution < -0.4 is 10.1 Å². The van der Waals surface area contributed by atoms with Crippen molar-refractivity contribution in [2.45, 2.75) is 25.5 Å². The van der Waals surface area contributed by atoms with Gasteiger partial charge in [0.15, 0.2) is 0 Å². The molecular formula is C19H20ClNO3S. The molecule has 0 bridgehead atoms. The predicted molar refractivity (Wildman–Crippen MR) is 104 cm³/mol. The van der Waals surface area contributed by atoms with E-state index in [4.69, 9.17) is 16.3 Å². The van der Waals surface area contributed by atoms with Crippen molar-refractivity contribution in [2.75, 3.05) is 11.1 Å². The molecule has 2 aromatic carbocycles. The summed E-state index contributed by atoms with van der Waals surface area (Å²) in [5.41, 5.74) is 0.993. The first kappa shape index (κ1) is 19.3. The molecule has 2 aromatic rings. The molecule has 0 heterocycles. The highest BCUT2D eigenvalue weighted by molar-refractivity contribution is 8.01. The molecule has 2 rings (SSSR count). The Morgan fingerprint density at radius 2 is 1.72 bits per heavy atom. The van der Waals surface area contributed by atoms with Gasteiger partial charge in [0.2, 0.25) is 0 Å². The number of anilines is 1. The highest BCUT2D eigenvalue weighted by atomic mass is 35.5. The zero-order valence-electron chi connectivity index (χ0n) is 14.3. The maximum atomic E-state index is 12.2. The third-order valence-corrected chi connectivity index (χ3v) is 4.66. The summed E-state index contributed by atoms with van der Waals surface area (Å²) in [6.45, 7) is 6.13. The zero-order valence-corrected chi connectivity index (χ0v) is 15.9. The second-order valence-electron chi connectivity index (χ2n) is 6.33. The van der Waals surface area contributed by atoms with Crippen molar-refractivity contribution >= 4 is 40.9 Å². The van der Waals surface area contributed by atoms with Gasteiger partial charge in [-0.3, -0.25) is 9.59 Å². The number of esters is 1. The summed E-state index contributed by atoms with van der Waals surface area (Å²) in [7, 11) is 0. The predicted octanol–water partition coefficient (Wildman–Crippen LogP) is 5.03. The zero-order chi connectivity index (χ0) is 18.4. The SMILES string of the molecule is CC(C)(C)SCC(=O)Oc1ccc(NC(=O)c2ccccc2Cl)cc1. The second kappa shape index (κ2) is 8.41. The van der Waals surface area contributed by atoms with Crippen LogP contribution in [-0.2, 0) is 4.79 Å². The van der Waals surface area contributed by atoms with E-state index in [2.05, 4.69) is 5.32 Å². The van der Waals surface area contributed by atoms with Gasteiger partial charge in [-0.2, -0.15) is 0 Å². The van der Waals surface area contributed by atoms with Gasteiger partial charge in [-0.15, -0.1) is 11.8 Å². The lowest BCUT2D eigenvalue weighted by Crippen LogP contribution is -2.17. The fourth-order valence-electron chi connectivity index (χ4n) is 1.89. The molecule has 0 aromatic heterocycles. The first-order valence-corrected chi connectivity index (χ1v) is 9.11. The number of hydrogen-bond donors (Lipinski definition) is 1. The van der Waals surface area contributed by atoms with Crippen LogP contribution in [0.15, 0.2) is 48.5 Å². The first-order chi connectivity index (χ1) is 11.7. The average molecular weight is 378 g/mol. The number of thioether (sulfide) groups is 1. The lowest BCUT2D eigenvalue weighted by atomic mass is 10.2. The summed E-state index contributed by atoms with van der Waals surface area (Å²) in [5.74, 6) is 0.133. The molecule has 0 spiro atoms. The van der Waals surface area contributed by atoms with Crippen LogP contribution in [0.3, 0.4) is 0 Å². The number of ether oxygens (including phenoxy) is 1. The molecule has 25 heavy (non-hydrogen) atoms. The van der Waals surface area contributed by atoms with E-state index in [1.807, 2.05) is 20.8 Å². The Balaban J connectivity index is 1.93. The van der Waals surface area contributed by atoms with E-state index in [0.717, 1.165) is 0 Å². The molecule has 132 valence electrons. The Kier molecular flexibility index (Phi) is 6.51. The van der Waals surface area contributed by atoms with Gasteiger partial charge in [0.1, 0.15) is 5.75 Å². The Bertz CT molecular complexity index is 754. The third kappa shape index (κ3) is 6.44. The van der Waals surface area contributed by atoms with Gasteiger partial charge in [0.05, 0.1) is 16.3 Å². The number of nitrogens with one attached hydrogen (secondary N) is 1. The first-order valence-electron chi connectivity index (χ1n) is 7.75. The molecule has 1 amide bonds. The molecule has 0 aliphatic rings.